The summed E-state index contributed by atoms with van der Waals surface area (Å²) in [6, 6.07) is 10.5. The van der Waals surface area contributed by atoms with Crippen molar-refractivity contribution in [1.29, 1.82) is 0 Å². The molecule has 0 saturated carbocycles. The molecule has 102 valence electrons. The summed E-state index contributed by atoms with van der Waals surface area (Å²) in [5.41, 5.74) is 4.05. The lowest BCUT2D eigenvalue weighted by molar-refractivity contribution is 0.627. The highest BCUT2D eigenvalue weighted by molar-refractivity contribution is 7.98. The fraction of sp³-hybridized carbons (Fsp3) is 0.133. The summed E-state index contributed by atoms with van der Waals surface area (Å²) in [6.45, 7) is 2.04. The van der Waals surface area contributed by atoms with Gasteiger partial charge >= 0.3 is 0 Å². The van der Waals surface area contributed by atoms with E-state index in [-0.39, 0.29) is 5.82 Å². The highest BCUT2D eigenvalue weighted by atomic mass is 35.5. The molecule has 0 spiro atoms. The molecule has 0 amide bonds. The first-order valence-electron chi connectivity index (χ1n) is 6.15. The highest BCUT2D eigenvalue weighted by Gasteiger charge is 2.07. The Bertz CT molecular complexity index is 770. The lowest BCUT2D eigenvalue weighted by atomic mass is 10.2. The number of imidazole rings is 1. The van der Waals surface area contributed by atoms with Gasteiger partial charge in [-0.15, -0.1) is 0 Å². The van der Waals surface area contributed by atoms with Crippen molar-refractivity contribution in [3.05, 3.63) is 58.4 Å². The van der Waals surface area contributed by atoms with Crippen LogP contribution in [0.15, 0.2) is 41.6 Å². The van der Waals surface area contributed by atoms with Crippen LogP contribution in [0.3, 0.4) is 0 Å². The molecule has 0 fully saturated rings. The quantitative estimate of drug-likeness (QED) is 0.693. The van der Waals surface area contributed by atoms with Gasteiger partial charge in [0.15, 0.2) is 5.16 Å². The van der Waals surface area contributed by atoms with Crippen LogP contribution in [0.25, 0.3) is 11.0 Å². The van der Waals surface area contributed by atoms with Crippen molar-refractivity contribution in [1.82, 2.24) is 9.97 Å². The van der Waals surface area contributed by atoms with Crippen LogP contribution in [0.2, 0.25) is 5.02 Å². The smallest absolute Gasteiger partial charge is 0.166 e. The first-order chi connectivity index (χ1) is 9.63. The summed E-state index contributed by atoms with van der Waals surface area (Å²) in [4.78, 5) is 7.84. The fourth-order valence-electron chi connectivity index (χ4n) is 2.01. The van der Waals surface area contributed by atoms with Crippen molar-refractivity contribution in [2.45, 2.75) is 17.8 Å². The molecule has 0 unspecified atom stereocenters. The third-order valence-corrected chi connectivity index (χ3v) is 4.35. The molecule has 20 heavy (non-hydrogen) atoms. The van der Waals surface area contributed by atoms with E-state index in [1.807, 2.05) is 25.1 Å². The predicted molar refractivity (Wildman–Crippen MR) is 81.8 cm³/mol. The Morgan fingerprint density at radius 3 is 2.90 bits per heavy atom. The standard InChI is InChI=1S/C15H12ClFN2S/c1-9-3-2-4-13-14(9)19-15(18-13)20-8-10-5-6-11(17)7-12(10)16/h2-7H,8H2,1H3,(H,18,19). The van der Waals surface area contributed by atoms with E-state index in [0.717, 1.165) is 27.3 Å². The van der Waals surface area contributed by atoms with E-state index in [4.69, 9.17) is 11.6 Å². The Morgan fingerprint density at radius 2 is 2.15 bits per heavy atom. The molecule has 0 aliphatic rings. The van der Waals surface area contributed by atoms with Crippen LogP contribution in [-0.4, -0.2) is 9.97 Å². The molecule has 0 aliphatic carbocycles. The molecule has 2 aromatic carbocycles. The second-order valence-electron chi connectivity index (χ2n) is 4.54. The van der Waals surface area contributed by atoms with E-state index in [1.54, 1.807) is 17.8 Å². The van der Waals surface area contributed by atoms with Crippen molar-refractivity contribution in [3.8, 4) is 0 Å². The van der Waals surface area contributed by atoms with Gasteiger partial charge in [0.25, 0.3) is 0 Å². The molecule has 2 nitrogen and oxygen atoms in total. The molecule has 3 rings (SSSR count). The summed E-state index contributed by atoms with van der Waals surface area (Å²) in [7, 11) is 0. The molecular formula is C15H12ClFN2S. The third kappa shape index (κ3) is 2.67. The number of hydrogen-bond donors (Lipinski definition) is 1. The van der Waals surface area contributed by atoms with Crippen molar-refractivity contribution >= 4 is 34.4 Å². The molecule has 0 atom stereocenters. The lowest BCUT2D eigenvalue weighted by Gasteiger charge is -2.02. The topological polar surface area (TPSA) is 28.7 Å². The lowest BCUT2D eigenvalue weighted by Crippen LogP contribution is -1.85. The summed E-state index contributed by atoms with van der Waals surface area (Å²) in [6.07, 6.45) is 0. The van der Waals surface area contributed by atoms with Crippen LogP contribution in [0.5, 0.6) is 0 Å². The molecule has 3 aromatic rings. The number of aromatic amines is 1. The maximum atomic E-state index is 13.0. The molecule has 0 bridgehead atoms. The van der Waals surface area contributed by atoms with Crippen LogP contribution in [0.1, 0.15) is 11.1 Å². The predicted octanol–water partition coefficient (Wildman–Crippen LogP) is 4.96. The van der Waals surface area contributed by atoms with Crippen LogP contribution in [0.4, 0.5) is 4.39 Å². The van der Waals surface area contributed by atoms with Gasteiger partial charge in [0, 0.05) is 10.8 Å². The Balaban J connectivity index is 1.81. The second-order valence-corrected chi connectivity index (χ2v) is 5.91. The zero-order chi connectivity index (χ0) is 14.1. The van der Waals surface area contributed by atoms with E-state index in [0.29, 0.717) is 10.8 Å². The van der Waals surface area contributed by atoms with Gasteiger partial charge in [-0.25, -0.2) is 9.37 Å². The molecular weight excluding hydrogens is 295 g/mol. The normalized spacial score (nSPS) is 11.2. The maximum Gasteiger partial charge on any atom is 0.166 e. The number of aryl methyl sites for hydroxylation is 1. The van der Waals surface area contributed by atoms with Gasteiger partial charge in [-0.2, -0.15) is 0 Å². The molecule has 1 N–H and O–H groups in total. The van der Waals surface area contributed by atoms with Crippen LogP contribution < -0.4 is 0 Å². The Labute approximate surface area is 125 Å². The molecule has 0 saturated heterocycles. The monoisotopic (exact) mass is 306 g/mol. The summed E-state index contributed by atoms with van der Waals surface area (Å²) >= 11 is 7.57. The Kier molecular flexibility index (Phi) is 3.68. The van der Waals surface area contributed by atoms with E-state index in [9.17, 15) is 4.39 Å². The van der Waals surface area contributed by atoms with Crippen LogP contribution in [-0.2, 0) is 5.75 Å². The number of nitrogens with one attached hydrogen (secondary N) is 1. The number of rotatable bonds is 3. The average molecular weight is 307 g/mol. The van der Waals surface area contributed by atoms with Gasteiger partial charge in [0.05, 0.1) is 11.0 Å². The minimum atomic E-state index is -0.317. The number of aromatic nitrogens is 2. The first kappa shape index (κ1) is 13.5. The van der Waals surface area contributed by atoms with Gasteiger partial charge in [0.1, 0.15) is 5.82 Å². The van der Waals surface area contributed by atoms with Crippen molar-refractivity contribution in [2.75, 3.05) is 0 Å². The van der Waals surface area contributed by atoms with E-state index >= 15 is 0 Å². The number of para-hydroxylation sites is 1. The minimum Gasteiger partial charge on any atom is -0.333 e. The Hall–Kier alpha value is -1.52. The van der Waals surface area contributed by atoms with Crippen molar-refractivity contribution < 1.29 is 4.39 Å². The zero-order valence-electron chi connectivity index (χ0n) is 10.8. The number of thioether (sulfide) groups is 1. The van der Waals surface area contributed by atoms with Crippen molar-refractivity contribution in [2.24, 2.45) is 0 Å². The number of benzene rings is 2. The van der Waals surface area contributed by atoms with Gasteiger partial charge in [-0.05, 0) is 36.2 Å². The van der Waals surface area contributed by atoms with E-state index in [2.05, 4.69) is 9.97 Å². The SMILES string of the molecule is Cc1cccc2[nH]c(SCc3ccc(F)cc3Cl)nc12. The first-order valence-corrected chi connectivity index (χ1v) is 7.52. The minimum absolute atomic E-state index is 0.317. The van der Waals surface area contributed by atoms with E-state index < -0.39 is 0 Å². The van der Waals surface area contributed by atoms with Gasteiger partial charge in [-0.1, -0.05) is 41.6 Å². The number of H-pyrrole nitrogens is 1. The van der Waals surface area contributed by atoms with Crippen molar-refractivity contribution in [3.63, 3.8) is 0 Å². The molecule has 5 heteroatoms. The maximum absolute atomic E-state index is 13.0. The highest BCUT2D eigenvalue weighted by Crippen LogP contribution is 2.27. The van der Waals surface area contributed by atoms with E-state index in [1.165, 1.54) is 12.1 Å². The summed E-state index contributed by atoms with van der Waals surface area (Å²) in [5, 5.41) is 1.29. The summed E-state index contributed by atoms with van der Waals surface area (Å²) in [5.74, 6) is 0.334. The van der Waals surface area contributed by atoms with Gasteiger partial charge in [0.2, 0.25) is 0 Å². The number of hydrogen-bond acceptors (Lipinski definition) is 2. The second kappa shape index (κ2) is 5.46. The van der Waals surface area contributed by atoms with Gasteiger partial charge in [-0.3, -0.25) is 0 Å². The van der Waals surface area contributed by atoms with Crippen LogP contribution in [0, 0.1) is 12.7 Å². The third-order valence-electron chi connectivity index (χ3n) is 3.07. The molecule has 1 aromatic heterocycles. The van der Waals surface area contributed by atoms with Gasteiger partial charge < -0.3 is 4.98 Å². The zero-order valence-corrected chi connectivity index (χ0v) is 12.4. The Morgan fingerprint density at radius 1 is 1.30 bits per heavy atom. The number of nitrogens with zero attached hydrogens (tertiary/aromatic N) is 1. The number of fused-ring (bicyclic) bond motifs is 1. The fourth-order valence-corrected chi connectivity index (χ4v) is 3.20. The van der Waals surface area contributed by atoms with Crippen LogP contribution >= 0.6 is 23.4 Å². The molecule has 0 aliphatic heterocycles. The number of halogens is 2. The average Bonchev–Trinajstić information content (AvgIpc) is 2.82. The largest absolute Gasteiger partial charge is 0.333 e. The molecule has 0 radical (unpaired) electrons. The molecule has 1 heterocycles. The summed E-state index contributed by atoms with van der Waals surface area (Å²) < 4.78 is 13.0.